The maximum atomic E-state index is 13.0. The number of rotatable bonds is 3. The number of amides is 1. The number of benzene rings is 1. The fraction of sp³-hybridized carbons (Fsp3) is 0.0714. The lowest BCUT2D eigenvalue weighted by Gasteiger charge is -2.14. The second-order valence-corrected chi connectivity index (χ2v) is 4.78. The van der Waals surface area contributed by atoms with E-state index in [1.165, 1.54) is 12.1 Å². The van der Waals surface area contributed by atoms with Gasteiger partial charge in [-0.1, -0.05) is 11.6 Å². The third kappa shape index (κ3) is 3.78. The second kappa shape index (κ2) is 6.25. The van der Waals surface area contributed by atoms with Gasteiger partial charge in [-0.05, 0) is 30.3 Å². The van der Waals surface area contributed by atoms with Crippen molar-refractivity contribution in [1.82, 2.24) is 4.98 Å². The minimum atomic E-state index is -4.74. The van der Waals surface area contributed by atoms with Gasteiger partial charge in [-0.3, -0.25) is 9.78 Å². The molecule has 23 heavy (non-hydrogen) atoms. The number of halogens is 4. The van der Waals surface area contributed by atoms with Crippen molar-refractivity contribution in [3.8, 4) is 0 Å². The predicted octanol–water partition coefficient (Wildman–Crippen LogP) is 3.70. The number of carboxylic acids is 1. The van der Waals surface area contributed by atoms with Gasteiger partial charge in [-0.2, -0.15) is 13.2 Å². The summed E-state index contributed by atoms with van der Waals surface area (Å²) in [6, 6.07) is 5.23. The SMILES string of the molecule is O=C(O)c1cccnc1C(=O)Nc1ccc(Cl)cc1C(F)(F)F. The maximum absolute atomic E-state index is 13.0. The van der Waals surface area contributed by atoms with Crippen molar-refractivity contribution >= 4 is 29.2 Å². The average Bonchev–Trinajstić information content (AvgIpc) is 2.48. The van der Waals surface area contributed by atoms with E-state index in [9.17, 15) is 22.8 Å². The summed E-state index contributed by atoms with van der Waals surface area (Å²) in [5, 5.41) is 10.8. The summed E-state index contributed by atoms with van der Waals surface area (Å²) >= 11 is 5.54. The minimum Gasteiger partial charge on any atom is -0.478 e. The normalized spacial score (nSPS) is 11.1. The molecule has 9 heteroatoms. The van der Waals surface area contributed by atoms with Crippen LogP contribution in [0.5, 0.6) is 0 Å². The number of carbonyl (C=O) groups excluding carboxylic acids is 1. The van der Waals surface area contributed by atoms with Gasteiger partial charge in [0.15, 0.2) is 0 Å². The number of aromatic nitrogens is 1. The summed E-state index contributed by atoms with van der Waals surface area (Å²) in [4.78, 5) is 26.7. The van der Waals surface area contributed by atoms with Crippen LogP contribution in [0.15, 0.2) is 36.5 Å². The second-order valence-electron chi connectivity index (χ2n) is 4.35. The van der Waals surface area contributed by atoms with Gasteiger partial charge in [0.05, 0.1) is 16.8 Å². The molecule has 5 nitrogen and oxygen atoms in total. The Labute approximate surface area is 132 Å². The lowest BCUT2D eigenvalue weighted by molar-refractivity contribution is -0.136. The molecule has 0 fully saturated rings. The molecule has 1 amide bonds. The zero-order chi connectivity index (χ0) is 17.2. The number of anilines is 1. The molecule has 0 aliphatic heterocycles. The zero-order valence-corrected chi connectivity index (χ0v) is 11.9. The van der Waals surface area contributed by atoms with Crippen LogP contribution in [-0.4, -0.2) is 22.0 Å². The number of carbonyl (C=O) groups is 2. The van der Waals surface area contributed by atoms with Crippen LogP contribution < -0.4 is 5.32 Å². The largest absolute Gasteiger partial charge is 0.478 e. The Morgan fingerprint density at radius 1 is 1.22 bits per heavy atom. The number of nitrogens with zero attached hydrogens (tertiary/aromatic N) is 1. The molecule has 120 valence electrons. The first-order chi connectivity index (χ1) is 10.7. The maximum Gasteiger partial charge on any atom is 0.418 e. The summed E-state index contributed by atoms with van der Waals surface area (Å²) in [7, 11) is 0. The van der Waals surface area contributed by atoms with Crippen molar-refractivity contribution in [2.45, 2.75) is 6.18 Å². The van der Waals surface area contributed by atoms with Gasteiger partial charge in [-0.15, -0.1) is 0 Å². The van der Waals surface area contributed by atoms with E-state index in [-0.39, 0.29) is 5.02 Å². The van der Waals surface area contributed by atoms with Crippen LogP contribution in [0.4, 0.5) is 18.9 Å². The quantitative estimate of drug-likeness (QED) is 0.889. The van der Waals surface area contributed by atoms with Crippen molar-refractivity contribution in [3.05, 3.63) is 58.4 Å². The molecule has 0 saturated carbocycles. The fourth-order valence-electron chi connectivity index (χ4n) is 1.80. The third-order valence-electron chi connectivity index (χ3n) is 2.79. The molecular weight excluding hydrogens is 337 g/mol. The predicted molar refractivity (Wildman–Crippen MR) is 75.6 cm³/mol. The standard InChI is InChI=1S/C14H8ClF3N2O3/c15-7-3-4-10(9(6-7)14(16,17)18)20-12(21)11-8(13(22)23)2-1-5-19-11/h1-6H,(H,20,21)(H,22,23). The lowest BCUT2D eigenvalue weighted by atomic mass is 10.1. The first-order valence-corrected chi connectivity index (χ1v) is 6.44. The number of hydrogen-bond donors (Lipinski definition) is 2. The van der Waals surface area contributed by atoms with Crippen LogP contribution in [0, 0.1) is 0 Å². The third-order valence-corrected chi connectivity index (χ3v) is 3.02. The van der Waals surface area contributed by atoms with Crippen molar-refractivity contribution in [2.24, 2.45) is 0 Å². The number of hydrogen-bond acceptors (Lipinski definition) is 3. The number of alkyl halides is 3. The number of aromatic carboxylic acids is 1. The van der Waals surface area contributed by atoms with Gasteiger partial charge >= 0.3 is 12.1 Å². The highest BCUT2D eigenvalue weighted by Gasteiger charge is 2.34. The summed E-state index contributed by atoms with van der Waals surface area (Å²) in [5.74, 6) is -2.49. The molecule has 0 atom stereocenters. The first-order valence-electron chi connectivity index (χ1n) is 6.06. The van der Waals surface area contributed by atoms with Crippen LogP contribution in [0.25, 0.3) is 0 Å². The summed E-state index contributed by atoms with van der Waals surface area (Å²) < 4.78 is 38.9. The van der Waals surface area contributed by atoms with E-state index in [4.69, 9.17) is 16.7 Å². The Morgan fingerprint density at radius 2 is 1.91 bits per heavy atom. The molecule has 1 heterocycles. The topological polar surface area (TPSA) is 79.3 Å². The molecule has 2 rings (SSSR count). The van der Waals surface area contributed by atoms with Crippen LogP contribution in [0.1, 0.15) is 26.4 Å². The van der Waals surface area contributed by atoms with Gasteiger partial charge < -0.3 is 10.4 Å². The van der Waals surface area contributed by atoms with Gasteiger partial charge in [0.1, 0.15) is 5.69 Å². The monoisotopic (exact) mass is 344 g/mol. The number of nitrogens with one attached hydrogen (secondary N) is 1. The first kappa shape index (κ1) is 16.8. The van der Waals surface area contributed by atoms with E-state index in [0.29, 0.717) is 6.07 Å². The Bertz CT molecular complexity index is 778. The molecule has 0 bridgehead atoms. The van der Waals surface area contributed by atoms with Gasteiger partial charge in [0.2, 0.25) is 0 Å². The Balaban J connectivity index is 2.41. The summed E-state index contributed by atoms with van der Waals surface area (Å²) in [6.07, 6.45) is -3.58. The smallest absolute Gasteiger partial charge is 0.418 e. The molecule has 1 aromatic carbocycles. The fourth-order valence-corrected chi connectivity index (χ4v) is 1.97. The molecule has 0 saturated heterocycles. The van der Waals surface area contributed by atoms with Gasteiger partial charge in [0.25, 0.3) is 5.91 Å². The van der Waals surface area contributed by atoms with E-state index in [0.717, 1.165) is 18.3 Å². The van der Waals surface area contributed by atoms with E-state index in [1.54, 1.807) is 0 Å². The van der Waals surface area contributed by atoms with Crippen LogP contribution in [0.3, 0.4) is 0 Å². The Kier molecular flexibility index (Phi) is 4.55. The van der Waals surface area contributed by atoms with E-state index < -0.39 is 40.6 Å². The summed E-state index contributed by atoms with van der Waals surface area (Å²) in [5.41, 5.74) is -2.62. The van der Waals surface area contributed by atoms with Gasteiger partial charge in [0, 0.05) is 11.2 Å². The average molecular weight is 345 g/mol. The van der Waals surface area contributed by atoms with Crippen molar-refractivity contribution in [1.29, 1.82) is 0 Å². The molecule has 0 aliphatic carbocycles. The highest BCUT2D eigenvalue weighted by atomic mass is 35.5. The molecule has 0 spiro atoms. The highest BCUT2D eigenvalue weighted by Crippen LogP contribution is 2.36. The minimum absolute atomic E-state index is 0.153. The van der Waals surface area contributed by atoms with Crippen LogP contribution >= 0.6 is 11.6 Å². The zero-order valence-electron chi connectivity index (χ0n) is 11.2. The van der Waals surface area contributed by atoms with Crippen molar-refractivity contribution < 1.29 is 27.9 Å². The van der Waals surface area contributed by atoms with E-state index in [2.05, 4.69) is 4.98 Å². The molecule has 0 aliphatic rings. The van der Waals surface area contributed by atoms with Crippen molar-refractivity contribution in [3.63, 3.8) is 0 Å². The molecule has 2 N–H and O–H groups in total. The van der Waals surface area contributed by atoms with Gasteiger partial charge in [-0.25, -0.2) is 4.79 Å². The summed E-state index contributed by atoms with van der Waals surface area (Å²) in [6.45, 7) is 0. The van der Waals surface area contributed by atoms with E-state index in [1.807, 2.05) is 5.32 Å². The number of carboxylic acid groups (broad SMARTS) is 1. The highest BCUT2D eigenvalue weighted by molar-refractivity contribution is 6.30. The molecule has 1 aromatic heterocycles. The molecular formula is C14H8ClF3N2O3. The van der Waals surface area contributed by atoms with Crippen LogP contribution in [-0.2, 0) is 6.18 Å². The Morgan fingerprint density at radius 3 is 2.52 bits per heavy atom. The Hall–Kier alpha value is -2.61. The molecule has 0 unspecified atom stereocenters. The van der Waals surface area contributed by atoms with E-state index >= 15 is 0 Å². The molecule has 2 aromatic rings. The number of pyridine rings is 1. The van der Waals surface area contributed by atoms with Crippen molar-refractivity contribution in [2.75, 3.05) is 5.32 Å². The lowest BCUT2D eigenvalue weighted by Crippen LogP contribution is -2.20. The molecule has 0 radical (unpaired) electrons. The van der Waals surface area contributed by atoms with Crippen LogP contribution in [0.2, 0.25) is 5.02 Å².